The summed E-state index contributed by atoms with van der Waals surface area (Å²) < 4.78 is 68.4. The van der Waals surface area contributed by atoms with Crippen molar-refractivity contribution in [3.05, 3.63) is 0 Å². The van der Waals surface area contributed by atoms with E-state index in [1.165, 1.54) is 167 Å². The van der Waals surface area contributed by atoms with Crippen LogP contribution in [0.2, 0.25) is 0 Å². The molecule has 0 spiro atoms. The summed E-state index contributed by atoms with van der Waals surface area (Å²) in [6.45, 7) is 14.1. The van der Waals surface area contributed by atoms with Gasteiger partial charge in [0.2, 0.25) is 0 Å². The summed E-state index contributed by atoms with van der Waals surface area (Å²) in [6, 6.07) is 0. The number of phosphoric ester groups is 2. The fraction of sp³-hybridized carbons (Fsp3) is 0.946. The van der Waals surface area contributed by atoms with Crippen LogP contribution in [0.25, 0.3) is 0 Å². The summed E-state index contributed by atoms with van der Waals surface area (Å²) in [4.78, 5) is 72.7. The first kappa shape index (κ1) is 91.1. The van der Waals surface area contributed by atoms with Crippen LogP contribution in [0.5, 0.6) is 0 Å². The highest BCUT2D eigenvalue weighted by atomic mass is 31.2. The lowest BCUT2D eigenvalue weighted by Crippen LogP contribution is -2.30. The zero-order valence-electron chi connectivity index (χ0n) is 60.9. The molecule has 3 unspecified atom stereocenters. The highest BCUT2D eigenvalue weighted by molar-refractivity contribution is 7.47. The molecule has 0 fully saturated rings. The minimum atomic E-state index is -4.96. The van der Waals surface area contributed by atoms with E-state index >= 15 is 0 Å². The van der Waals surface area contributed by atoms with Crippen LogP contribution < -0.4 is 0 Å². The topological polar surface area (TPSA) is 237 Å². The summed E-state index contributed by atoms with van der Waals surface area (Å²) in [5.41, 5.74) is 0. The Balaban J connectivity index is 5.21. The lowest BCUT2D eigenvalue weighted by molar-refractivity contribution is -0.161. The Morgan fingerprint density at radius 2 is 0.516 bits per heavy atom. The quantitative estimate of drug-likeness (QED) is 0.0222. The van der Waals surface area contributed by atoms with Crippen LogP contribution in [-0.2, 0) is 65.4 Å². The number of unbranched alkanes of at least 4 members (excludes halogenated alkanes) is 36. The van der Waals surface area contributed by atoms with E-state index in [4.69, 9.17) is 37.0 Å². The fourth-order valence-electron chi connectivity index (χ4n) is 11.2. The fourth-order valence-corrected chi connectivity index (χ4v) is 12.7. The number of aliphatic hydroxyl groups excluding tert-OH is 1. The molecular weight excluding hydrogens is 1220 g/mol. The van der Waals surface area contributed by atoms with Crippen molar-refractivity contribution >= 4 is 39.5 Å². The van der Waals surface area contributed by atoms with Gasteiger partial charge in [-0.25, -0.2) is 9.13 Å². The summed E-state index contributed by atoms with van der Waals surface area (Å²) in [6.07, 6.45) is 47.4. The van der Waals surface area contributed by atoms with Crippen LogP contribution in [0, 0.1) is 23.7 Å². The molecule has 0 rings (SSSR count). The number of rotatable bonds is 71. The van der Waals surface area contributed by atoms with Crippen molar-refractivity contribution in [2.75, 3.05) is 39.6 Å². The van der Waals surface area contributed by atoms with Crippen molar-refractivity contribution in [3.8, 4) is 0 Å². The van der Waals surface area contributed by atoms with Crippen molar-refractivity contribution in [1.82, 2.24) is 0 Å². The first-order chi connectivity index (χ1) is 44.6. The van der Waals surface area contributed by atoms with Gasteiger partial charge < -0.3 is 33.8 Å². The Labute approximate surface area is 568 Å². The first-order valence-corrected chi connectivity index (χ1v) is 41.2. The molecule has 0 saturated heterocycles. The Kier molecular flexibility index (Phi) is 62.2. The van der Waals surface area contributed by atoms with E-state index in [1.54, 1.807) is 0 Å². The van der Waals surface area contributed by atoms with E-state index in [0.717, 1.165) is 114 Å². The van der Waals surface area contributed by atoms with Crippen LogP contribution in [0.1, 0.15) is 370 Å². The van der Waals surface area contributed by atoms with Crippen molar-refractivity contribution in [1.29, 1.82) is 0 Å². The average molecular weight is 1370 g/mol. The molecule has 93 heavy (non-hydrogen) atoms. The molecule has 0 heterocycles. The molecule has 0 aromatic heterocycles. The number of hydrogen-bond acceptors (Lipinski definition) is 15. The molecule has 0 amide bonds. The molecule has 0 radical (unpaired) electrons. The molecule has 0 aromatic rings. The monoisotopic (exact) mass is 1370 g/mol. The molecule has 3 N–H and O–H groups in total. The number of carbonyl (C=O) groups excluding carboxylic acids is 4. The van der Waals surface area contributed by atoms with Gasteiger partial charge in [0.25, 0.3) is 0 Å². The molecule has 6 atom stereocenters. The lowest BCUT2D eigenvalue weighted by Gasteiger charge is -2.21. The van der Waals surface area contributed by atoms with Crippen molar-refractivity contribution in [2.45, 2.75) is 388 Å². The Morgan fingerprint density at radius 3 is 0.763 bits per heavy atom. The highest BCUT2D eigenvalue weighted by Gasteiger charge is 2.30. The van der Waals surface area contributed by atoms with E-state index < -0.39 is 97.5 Å². The molecule has 19 heteroatoms. The molecule has 0 aromatic carbocycles. The SMILES string of the molecule is CCC(C)CCCCCCCCCCC(=O)O[C@H](COC(=O)CCCCCCCCC(C)C)COP(=O)(O)OC[C@H](O)COP(=O)(O)OC[C@@H](COC(=O)CCCCCCCCCCCCCCCCCCC(C)C)OC(=O)CCCCCCCCCCCCC(C)C. The Hall–Kier alpha value is -1.94. The maximum atomic E-state index is 13.1. The average Bonchev–Trinajstić information content (AvgIpc) is 2.01. The van der Waals surface area contributed by atoms with Crippen LogP contribution in [-0.4, -0.2) is 96.7 Å². The predicted octanol–water partition coefficient (Wildman–Crippen LogP) is 21.3. The molecule has 0 aliphatic rings. The number of phosphoric acid groups is 2. The van der Waals surface area contributed by atoms with Crippen molar-refractivity contribution in [2.24, 2.45) is 23.7 Å². The van der Waals surface area contributed by atoms with Gasteiger partial charge in [0.15, 0.2) is 12.2 Å². The smallest absolute Gasteiger partial charge is 0.462 e. The Bertz CT molecular complexity index is 1840. The second-order valence-electron chi connectivity index (χ2n) is 28.4. The minimum Gasteiger partial charge on any atom is -0.462 e. The van der Waals surface area contributed by atoms with E-state index in [2.05, 4.69) is 55.4 Å². The van der Waals surface area contributed by atoms with Gasteiger partial charge in [0.1, 0.15) is 19.3 Å². The van der Waals surface area contributed by atoms with E-state index in [0.29, 0.717) is 31.6 Å². The second kappa shape index (κ2) is 63.5. The van der Waals surface area contributed by atoms with Crippen LogP contribution >= 0.6 is 15.6 Å². The Morgan fingerprint density at radius 1 is 0.301 bits per heavy atom. The largest absolute Gasteiger partial charge is 0.472 e. The molecule has 17 nitrogen and oxygen atoms in total. The first-order valence-electron chi connectivity index (χ1n) is 38.2. The summed E-state index contributed by atoms with van der Waals surface area (Å²) in [5, 5.41) is 10.6. The molecule has 0 aliphatic carbocycles. The van der Waals surface area contributed by atoms with Gasteiger partial charge >= 0.3 is 39.5 Å². The standard InChI is InChI=1S/C74H144O17P2/c1-9-67(8)53-45-37-28-24-25-31-41-49-57-74(79)91-70(61-85-72(77)55-47-39-33-32-36-44-52-66(6)7)63-89-93(82,83)87-59-68(75)58-86-92(80,81)88-62-69(90-73(78)56-48-40-30-23-19-18-21-27-35-43-51-65(4)5)60-84-71(76)54-46-38-29-22-17-15-13-11-10-12-14-16-20-26-34-42-50-64(2)3/h64-70,75H,9-63H2,1-8H3,(H,80,81)(H,82,83)/t67?,68-,69-,70-/m1/s1. The van der Waals surface area contributed by atoms with Gasteiger partial charge in [-0.3, -0.25) is 37.3 Å². The maximum absolute atomic E-state index is 13.1. The third-order valence-electron chi connectivity index (χ3n) is 17.4. The number of hydrogen-bond donors (Lipinski definition) is 3. The number of esters is 4. The van der Waals surface area contributed by atoms with Gasteiger partial charge in [-0.15, -0.1) is 0 Å². The lowest BCUT2D eigenvalue weighted by atomic mass is 9.99. The molecule has 0 aliphatic heterocycles. The maximum Gasteiger partial charge on any atom is 0.472 e. The van der Waals surface area contributed by atoms with Gasteiger partial charge in [-0.1, -0.05) is 319 Å². The molecule has 0 saturated carbocycles. The number of ether oxygens (including phenoxy) is 4. The summed E-state index contributed by atoms with van der Waals surface area (Å²) in [5.74, 6) is 0.886. The summed E-state index contributed by atoms with van der Waals surface area (Å²) in [7, 11) is -9.91. The predicted molar refractivity (Wildman–Crippen MR) is 377 cm³/mol. The zero-order valence-corrected chi connectivity index (χ0v) is 62.7. The van der Waals surface area contributed by atoms with Crippen LogP contribution in [0.15, 0.2) is 0 Å². The van der Waals surface area contributed by atoms with E-state index in [9.17, 15) is 43.2 Å². The number of carbonyl (C=O) groups is 4. The summed E-state index contributed by atoms with van der Waals surface area (Å²) >= 11 is 0. The molecule has 552 valence electrons. The van der Waals surface area contributed by atoms with Gasteiger partial charge in [0, 0.05) is 25.7 Å². The van der Waals surface area contributed by atoms with Crippen molar-refractivity contribution < 1.29 is 80.2 Å². The van der Waals surface area contributed by atoms with E-state index in [1.807, 2.05) is 0 Å². The van der Waals surface area contributed by atoms with Gasteiger partial charge in [-0.05, 0) is 49.4 Å². The minimum absolute atomic E-state index is 0.103. The van der Waals surface area contributed by atoms with Crippen molar-refractivity contribution in [3.63, 3.8) is 0 Å². The van der Waals surface area contributed by atoms with Gasteiger partial charge in [0.05, 0.1) is 26.4 Å². The third kappa shape index (κ3) is 67.0. The van der Waals surface area contributed by atoms with Crippen LogP contribution in [0.3, 0.4) is 0 Å². The molecule has 0 bridgehead atoms. The zero-order chi connectivity index (χ0) is 68.9. The molecular formula is C74H144O17P2. The van der Waals surface area contributed by atoms with Gasteiger partial charge in [-0.2, -0.15) is 0 Å². The third-order valence-corrected chi connectivity index (χ3v) is 19.3. The number of aliphatic hydroxyl groups is 1. The van der Waals surface area contributed by atoms with Crippen LogP contribution in [0.4, 0.5) is 0 Å². The van der Waals surface area contributed by atoms with E-state index in [-0.39, 0.29) is 25.7 Å². The highest BCUT2D eigenvalue weighted by Crippen LogP contribution is 2.45. The second-order valence-corrected chi connectivity index (χ2v) is 31.3. The normalized spacial score (nSPS) is 14.5.